The third-order valence-corrected chi connectivity index (χ3v) is 2.62. The zero-order valence-corrected chi connectivity index (χ0v) is 9.40. The van der Waals surface area contributed by atoms with E-state index in [1.165, 1.54) is 5.56 Å². The average Bonchev–Trinajstić information content (AvgIpc) is 2.65. The summed E-state index contributed by atoms with van der Waals surface area (Å²) in [5.74, 6) is 0. The van der Waals surface area contributed by atoms with Crippen molar-refractivity contribution in [3.63, 3.8) is 0 Å². The summed E-state index contributed by atoms with van der Waals surface area (Å²) in [7, 11) is 1.90. The Bertz CT molecular complexity index is 436. The van der Waals surface area contributed by atoms with Crippen LogP contribution in [-0.2, 0) is 12.4 Å². The molecular formula is C10H10BrN3. The molecular weight excluding hydrogens is 242 g/mol. The Morgan fingerprint density at radius 3 is 3.00 bits per heavy atom. The number of alkyl halides is 1. The number of nitrogens with zero attached hydrogens (tertiary/aromatic N) is 3. The lowest BCUT2D eigenvalue weighted by molar-refractivity contribution is 0.768. The van der Waals surface area contributed by atoms with Gasteiger partial charge in [-0.15, -0.1) is 0 Å². The molecule has 2 rings (SSSR count). The zero-order chi connectivity index (χ0) is 9.97. The van der Waals surface area contributed by atoms with Crippen molar-refractivity contribution in [2.45, 2.75) is 5.33 Å². The second kappa shape index (κ2) is 3.92. The molecule has 0 spiro atoms. The lowest BCUT2D eigenvalue weighted by Crippen LogP contribution is -1.88. The number of hydrogen-bond acceptors (Lipinski definition) is 2. The number of aromatic nitrogens is 3. The summed E-state index contributed by atoms with van der Waals surface area (Å²) in [6, 6.07) is 4.00. The van der Waals surface area contributed by atoms with Crippen molar-refractivity contribution in [3.05, 3.63) is 36.3 Å². The van der Waals surface area contributed by atoms with Gasteiger partial charge >= 0.3 is 0 Å². The van der Waals surface area contributed by atoms with Crippen molar-refractivity contribution in [1.82, 2.24) is 14.8 Å². The fraction of sp³-hybridized carbons (Fsp3) is 0.200. The fourth-order valence-electron chi connectivity index (χ4n) is 1.35. The summed E-state index contributed by atoms with van der Waals surface area (Å²) in [5.41, 5.74) is 3.24. The topological polar surface area (TPSA) is 30.7 Å². The smallest absolute Gasteiger partial charge is 0.0773 e. The van der Waals surface area contributed by atoms with Gasteiger partial charge in [-0.1, -0.05) is 22.0 Å². The van der Waals surface area contributed by atoms with Crippen molar-refractivity contribution < 1.29 is 0 Å². The van der Waals surface area contributed by atoms with Gasteiger partial charge in [-0.2, -0.15) is 5.10 Å². The van der Waals surface area contributed by atoms with Crippen LogP contribution in [0.15, 0.2) is 30.7 Å². The molecule has 2 aromatic rings. The molecule has 0 aliphatic heterocycles. The van der Waals surface area contributed by atoms with Crippen LogP contribution in [0.5, 0.6) is 0 Å². The van der Waals surface area contributed by atoms with Crippen LogP contribution >= 0.6 is 15.9 Å². The molecule has 4 heteroatoms. The van der Waals surface area contributed by atoms with Crippen LogP contribution in [0.1, 0.15) is 5.56 Å². The minimum absolute atomic E-state index is 0.811. The quantitative estimate of drug-likeness (QED) is 0.768. The van der Waals surface area contributed by atoms with E-state index in [1.54, 1.807) is 10.9 Å². The number of hydrogen-bond donors (Lipinski definition) is 0. The Kier molecular flexibility index (Phi) is 2.63. The van der Waals surface area contributed by atoms with Crippen LogP contribution in [0.2, 0.25) is 0 Å². The van der Waals surface area contributed by atoms with Crippen molar-refractivity contribution in [3.8, 4) is 11.3 Å². The molecule has 3 nitrogen and oxygen atoms in total. The van der Waals surface area contributed by atoms with Crippen molar-refractivity contribution in [1.29, 1.82) is 0 Å². The van der Waals surface area contributed by atoms with Crippen molar-refractivity contribution in [2.24, 2.45) is 7.05 Å². The molecule has 0 aliphatic carbocycles. The normalized spacial score (nSPS) is 10.4. The number of aryl methyl sites for hydroxylation is 1. The van der Waals surface area contributed by atoms with E-state index < -0.39 is 0 Å². The van der Waals surface area contributed by atoms with Crippen LogP contribution in [0.4, 0.5) is 0 Å². The highest BCUT2D eigenvalue weighted by atomic mass is 79.9. The van der Waals surface area contributed by atoms with Gasteiger partial charge in [-0.05, 0) is 11.6 Å². The molecule has 72 valence electrons. The van der Waals surface area contributed by atoms with Gasteiger partial charge in [0.15, 0.2) is 0 Å². The molecule has 14 heavy (non-hydrogen) atoms. The van der Waals surface area contributed by atoms with Crippen molar-refractivity contribution >= 4 is 15.9 Å². The lowest BCUT2D eigenvalue weighted by atomic mass is 10.1. The highest BCUT2D eigenvalue weighted by Crippen LogP contribution is 2.21. The van der Waals surface area contributed by atoms with E-state index >= 15 is 0 Å². The van der Waals surface area contributed by atoms with Crippen molar-refractivity contribution in [2.75, 3.05) is 0 Å². The molecule has 0 fully saturated rings. The molecule has 0 amide bonds. The highest BCUT2D eigenvalue weighted by molar-refractivity contribution is 9.08. The molecule has 0 N–H and O–H groups in total. The van der Waals surface area contributed by atoms with Gasteiger partial charge in [0.2, 0.25) is 0 Å². The molecule has 0 aliphatic rings. The van der Waals surface area contributed by atoms with Crippen LogP contribution < -0.4 is 0 Å². The molecule has 0 saturated carbocycles. The molecule has 2 aromatic heterocycles. The summed E-state index contributed by atoms with van der Waals surface area (Å²) in [6.45, 7) is 0. The molecule has 2 heterocycles. The summed E-state index contributed by atoms with van der Waals surface area (Å²) < 4.78 is 1.78. The summed E-state index contributed by atoms with van der Waals surface area (Å²) in [6.07, 6.45) is 5.59. The van der Waals surface area contributed by atoms with Crippen LogP contribution in [0, 0.1) is 0 Å². The van der Waals surface area contributed by atoms with Gasteiger partial charge in [-0.25, -0.2) is 0 Å². The lowest BCUT2D eigenvalue weighted by Gasteiger charge is -2.01. The monoisotopic (exact) mass is 251 g/mol. The van der Waals surface area contributed by atoms with Gasteiger partial charge in [-0.3, -0.25) is 9.67 Å². The average molecular weight is 252 g/mol. The van der Waals surface area contributed by atoms with Crippen LogP contribution in [-0.4, -0.2) is 14.8 Å². The third kappa shape index (κ3) is 1.70. The minimum Gasteiger partial charge on any atom is -0.275 e. The Balaban J connectivity index is 2.50. The predicted molar refractivity (Wildman–Crippen MR) is 59.1 cm³/mol. The van der Waals surface area contributed by atoms with E-state index in [9.17, 15) is 0 Å². The number of pyridine rings is 1. The van der Waals surface area contributed by atoms with Crippen LogP contribution in [0.3, 0.4) is 0 Å². The van der Waals surface area contributed by atoms with Gasteiger partial charge in [0, 0.05) is 30.3 Å². The number of rotatable bonds is 2. The Hall–Kier alpha value is -1.16. The highest BCUT2D eigenvalue weighted by Gasteiger charge is 2.06. The van der Waals surface area contributed by atoms with E-state index in [2.05, 4.69) is 32.1 Å². The molecule has 0 bridgehead atoms. The third-order valence-electron chi connectivity index (χ3n) is 2.01. The first-order chi connectivity index (χ1) is 6.81. The van der Waals surface area contributed by atoms with Gasteiger partial charge < -0.3 is 0 Å². The standard InChI is InChI=1S/C10H10BrN3/c1-14-7-9(6-13-14)10-8(5-11)3-2-4-12-10/h2-4,6-7H,5H2,1H3. The predicted octanol–water partition coefficient (Wildman–Crippen LogP) is 2.38. The summed E-state index contributed by atoms with van der Waals surface area (Å²) in [5, 5.41) is 4.94. The fourth-order valence-corrected chi connectivity index (χ4v) is 1.80. The minimum atomic E-state index is 0.811. The Morgan fingerprint density at radius 2 is 2.36 bits per heavy atom. The van der Waals surface area contributed by atoms with E-state index in [0.717, 1.165) is 16.6 Å². The zero-order valence-electron chi connectivity index (χ0n) is 7.81. The van der Waals surface area contributed by atoms with E-state index in [4.69, 9.17) is 0 Å². The summed E-state index contributed by atoms with van der Waals surface area (Å²) in [4.78, 5) is 4.35. The first kappa shape index (κ1) is 9.40. The maximum Gasteiger partial charge on any atom is 0.0773 e. The molecule has 0 aromatic carbocycles. The maximum absolute atomic E-state index is 4.35. The van der Waals surface area contributed by atoms with Gasteiger partial charge in [0.1, 0.15) is 0 Å². The first-order valence-electron chi connectivity index (χ1n) is 4.30. The second-order valence-corrected chi connectivity index (χ2v) is 3.61. The van der Waals surface area contributed by atoms with E-state index in [1.807, 2.05) is 25.5 Å². The molecule has 0 unspecified atom stereocenters. The maximum atomic E-state index is 4.35. The number of halogens is 1. The van der Waals surface area contributed by atoms with Gasteiger partial charge in [0.05, 0.1) is 11.9 Å². The van der Waals surface area contributed by atoms with E-state index in [-0.39, 0.29) is 0 Å². The molecule has 0 radical (unpaired) electrons. The van der Waals surface area contributed by atoms with Crippen LogP contribution in [0.25, 0.3) is 11.3 Å². The van der Waals surface area contributed by atoms with E-state index in [0.29, 0.717) is 0 Å². The summed E-state index contributed by atoms with van der Waals surface area (Å²) >= 11 is 3.45. The SMILES string of the molecule is Cn1cc(-c2ncccc2CBr)cn1. The Labute approximate surface area is 90.9 Å². The largest absolute Gasteiger partial charge is 0.275 e. The molecule has 0 saturated heterocycles. The molecule has 0 atom stereocenters. The van der Waals surface area contributed by atoms with Gasteiger partial charge in [0.25, 0.3) is 0 Å². The first-order valence-corrected chi connectivity index (χ1v) is 5.42. The second-order valence-electron chi connectivity index (χ2n) is 3.05. The Morgan fingerprint density at radius 1 is 1.50 bits per heavy atom.